The summed E-state index contributed by atoms with van der Waals surface area (Å²) in [4.78, 5) is 1.10. The quantitative estimate of drug-likeness (QED) is 0.457. The molecule has 0 aromatic rings. The zero-order valence-electron chi connectivity index (χ0n) is 17.0. The van der Waals surface area contributed by atoms with Gasteiger partial charge in [-0.1, -0.05) is 0 Å². The largest absolute Gasteiger partial charge is 1.00 e. The monoisotopic (exact) mass is 449 g/mol. The molecule has 2 aliphatic carbocycles. The van der Waals surface area contributed by atoms with Crippen molar-refractivity contribution in [3.05, 3.63) is 44.2 Å². The van der Waals surface area contributed by atoms with E-state index in [2.05, 4.69) is 93.2 Å². The Kier molecular flexibility index (Phi) is 10.1. The molecule has 5 heteroatoms. The molecule has 0 N–H and O–H groups in total. The Bertz CT molecular complexity index is 621. The summed E-state index contributed by atoms with van der Waals surface area (Å²) in [7, 11) is 0. The van der Waals surface area contributed by atoms with Crippen LogP contribution in [0.25, 0.3) is 0 Å². The number of hydrogen-bond donors (Lipinski definition) is 0. The molecule has 0 saturated heterocycles. The molecule has 2 aliphatic rings. The molecule has 0 fully saturated rings. The summed E-state index contributed by atoms with van der Waals surface area (Å²) in [5, 5.41) is 0. The SMILES string of the molecule is CCOC1(SC2=[C]([Ti+2])CC=C2)CC=C(C(C)(C)C)C=C1C(C)(C)C.[Cl-].[Cl-]. The Balaban J connectivity index is 0.00000312. The number of thioether (sulfide) groups is 1. The molecular weight excluding hydrogens is 419 g/mol. The third-order valence-electron chi connectivity index (χ3n) is 4.52. The summed E-state index contributed by atoms with van der Waals surface area (Å²) in [6, 6.07) is 0. The number of hydrogen-bond acceptors (Lipinski definition) is 2. The predicted molar refractivity (Wildman–Crippen MR) is 102 cm³/mol. The average Bonchev–Trinajstić information content (AvgIpc) is 2.82. The summed E-state index contributed by atoms with van der Waals surface area (Å²) in [5.74, 6) is 0. The van der Waals surface area contributed by atoms with E-state index in [9.17, 15) is 0 Å². The average molecular weight is 450 g/mol. The maximum Gasteiger partial charge on any atom is -1.00 e. The summed E-state index contributed by atoms with van der Waals surface area (Å²) in [5.41, 5.74) is 3.08. The first-order valence-electron chi connectivity index (χ1n) is 8.87. The van der Waals surface area contributed by atoms with Gasteiger partial charge in [0.05, 0.1) is 0 Å². The van der Waals surface area contributed by atoms with Gasteiger partial charge >= 0.3 is 165 Å². The topological polar surface area (TPSA) is 9.23 Å². The maximum absolute atomic E-state index is 6.46. The van der Waals surface area contributed by atoms with Crippen molar-refractivity contribution in [2.24, 2.45) is 10.8 Å². The molecule has 0 heterocycles. The normalized spacial score (nSPS) is 23.3. The van der Waals surface area contributed by atoms with Crippen molar-refractivity contribution >= 4 is 11.8 Å². The molecule has 0 aromatic carbocycles. The molecule has 0 aliphatic heterocycles. The van der Waals surface area contributed by atoms with E-state index in [4.69, 9.17) is 4.74 Å². The van der Waals surface area contributed by atoms with Crippen molar-refractivity contribution in [3.63, 3.8) is 0 Å². The van der Waals surface area contributed by atoms with Gasteiger partial charge in [0.2, 0.25) is 0 Å². The van der Waals surface area contributed by atoms with Crippen molar-refractivity contribution in [1.29, 1.82) is 0 Å². The van der Waals surface area contributed by atoms with Crippen LogP contribution in [0.4, 0.5) is 0 Å². The summed E-state index contributed by atoms with van der Waals surface area (Å²) >= 11 is 4.15. The Morgan fingerprint density at radius 1 is 1.12 bits per heavy atom. The van der Waals surface area contributed by atoms with Crippen molar-refractivity contribution in [2.45, 2.75) is 66.2 Å². The molecule has 1 atom stereocenters. The van der Waals surface area contributed by atoms with Crippen LogP contribution in [0.1, 0.15) is 61.3 Å². The molecule has 2 rings (SSSR count). The molecule has 0 radical (unpaired) electrons. The van der Waals surface area contributed by atoms with Gasteiger partial charge in [-0.2, -0.15) is 0 Å². The first-order chi connectivity index (χ1) is 11.0. The minimum atomic E-state index is -0.285. The minimum absolute atomic E-state index is 0. The summed E-state index contributed by atoms with van der Waals surface area (Å²) in [6.07, 6.45) is 11.3. The molecule has 26 heavy (non-hydrogen) atoms. The van der Waals surface area contributed by atoms with Crippen LogP contribution in [0.3, 0.4) is 0 Å². The van der Waals surface area contributed by atoms with Gasteiger partial charge in [0, 0.05) is 0 Å². The molecule has 1 nitrogen and oxygen atoms in total. The van der Waals surface area contributed by atoms with Gasteiger partial charge in [-0.15, -0.1) is 0 Å². The third kappa shape index (κ3) is 6.03. The number of halogens is 2. The fourth-order valence-corrected chi connectivity index (χ4v) is 5.34. The molecule has 1 unspecified atom stereocenters. The van der Waals surface area contributed by atoms with Gasteiger partial charge in [-0.25, -0.2) is 0 Å². The van der Waals surface area contributed by atoms with E-state index in [1.165, 1.54) is 19.9 Å². The van der Waals surface area contributed by atoms with Crippen molar-refractivity contribution in [2.75, 3.05) is 6.61 Å². The van der Waals surface area contributed by atoms with Crippen LogP contribution < -0.4 is 24.8 Å². The second kappa shape index (κ2) is 9.85. The summed E-state index contributed by atoms with van der Waals surface area (Å²) in [6.45, 7) is 16.7. The van der Waals surface area contributed by atoms with Crippen LogP contribution in [0.5, 0.6) is 0 Å². The first kappa shape index (κ1) is 26.6. The van der Waals surface area contributed by atoms with E-state index in [1.807, 2.05) is 11.8 Å². The van der Waals surface area contributed by atoms with Crippen LogP contribution in [-0.2, 0) is 25.2 Å². The van der Waals surface area contributed by atoms with Gasteiger partial charge in [0.1, 0.15) is 0 Å². The molecule has 0 bridgehead atoms. The van der Waals surface area contributed by atoms with Crippen molar-refractivity contribution in [1.82, 2.24) is 0 Å². The fourth-order valence-electron chi connectivity index (χ4n) is 3.24. The van der Waals surface area contributed by atoms with Crippen molar-refractivity contribution < 1.29 is 50.0 Å². The zero-order chi connectivity index (χ0) is 18.2. The standard InChI is InChI=1S/C21H31OS.2ClH.Ti/c1-8-22-21(23-17-11-9-10-12-17)14-13-16(19(2,3)4)15-18(21)20(5,6)7;;;/h9,11,13,15H,8,10,14H2,1-7H3;2*1H;/q;;;+2/p-2. The van der Waals surface area contributed by atoms with Crippen LogP contribution in [0.15, 0.2) is 44.2 Å². The molecule has 145 valence electrons. The Labute approximate surface area is 188 Å². The number of allylic oxidation sites excluding steroid dienone is 5. The van der Waals surface area contributed by atoms with Gasteiger partial charge in [0.15, 0.2) is 0 Å². The van der Waals surface area contributed by atoms with Crippen LogP contribution in [0.2, 0.25) is 0 Å². The van der Waals surface area contributed by atoms with Gasteiger partial charge in [0.25, 0.3) is 0 Å². The van der Waals surface area contributed by atoms with Crippen LogP contribution in [-0.4, -0.2) is 11.5 Å². The molecule has 0 amide bonds. The zero-order valence-corrected chi connectivity index (χ0v) is 20.9. The second-order valence-corrected chi connectivity index (χ2v) is 10.9. The van der Waals surface area contributed by atoms with E-state index in [0.717, 1.165) is 19.4 Å². The van der Waals surface area contributed by atoms with E-state index in [-0.39, 0.29) is 40.6 Å². The molecular formula is C21H31Cl2OSTi. The Morgan fingerprint density at radius 3 is 2.15 bits per heavy atom. The van der Waals surface area contributed by atoms with Crippen LogP contribution >= 0.6 is 11.8 Å². The van der Waals surface area contributed by atoms with Crippen LogP contribution in [0, 0.1) is 10.8 Å². The molecule has 0 spiro atoms. The fraction of sp³-hybridized carbons (Fsp3) is 0.619. The Morgan fingerprint density at radius 2 is 1.73 bits per heavy atom. The smallest absolute Gasteiger partial charge is 1.00 e. The number of ether oxygens (including phenoxy) is 1. The third-order valence-corrected chi connectivity index (χ3v) is 6.97. The van der Waals surface area contributed by atoms with Gasteiger partial charge < -0.3 is 24.8 Å². The second-order valence-electron chi connectivity index (χ2n) is 8.66. The first-order valence-corrected chi connectivity index (χ1v) is 10.5. The minimum Gasteiger partial charge on any atom is -1.00 e. The van der Waals surface area contributed by atoms with E-state index < -0.39 is 0 Å². The summed E-state index contributed by atoms with van der Waals surface area (Å²) < 4.78 is 7.92. The van der Waals surface area contributed by atoms with E-state index >= 15 is 0 Å². The van der Waals surface area contributed by atoms with Gasteiger partial charge in [-0.3, -0.25) is 0 Å². The molecule has 0 saturated carbocycles. The van der Waals surface area contributed by atoms with Crippen molar-refractivity contribution in [3.8, 4) is 0 Å². The van der Waals surface area contributed by atoms with E-state index in [0.29, 0.717) is 0 Å². The van der Waals surface area contributed by atoms with E-state index in [1.54, 1.807) is 0 Å². The van der Waals surface area contributed by atoms with Gasteiger partial charge in [-0.05, 0) is 0 Å². The maximum atomic E-state index is 6.46. The Hall–Kier alpha value is 0.564. The number of rotatable bonds is 4. The molecule has 0 aromatic heterocycles. The predicted octanol–water partition coefficient (Wildman–Crippen LogP) is 0.527.